The summed E-state index contributed by atoms with van der Waals surface area (Å²) in [6.07, 6.45) is -4.65. The van der Waals surface area contributed by atoms with Crippen LogP contribution in [-0.2, 0) is 11.0 Å². The molecule has 0 saturated heterocycles. The molecule has 2 N–H and O–H groups in total. The molecular formula is C11H8F3N3O3S. The lowest BCUT2D eigenvalue weighted by Crippen LogP contribution is -2.20. The quantitative estimate of drug-likeness (QED) is 0.838. The highest BCUT2D eigenvalue weighted by Gasteiger charge is 2.34. The highest BCUT2D eigenvalue weighted by Crippen LogP contribution is 2.34. The van der Waals surface area contributed by atoms with Crippen LogP contribution >= 0.6 is 11.8 Å². The molecule has 2 aromatic rings. The van der Waals surface area contributed by atoms with Gasteiger partial charge in [-0.15, -0.1) is 5.10 Å². The number of nitrogens with zero attached hydrogens (tertiary/aromatic N) is 2. The maximum absolute atomic E-state index is 13.0. The van der Waals surface area contributed by atoms with Gasteiger partial charge in [0.1, 0.15) is 0 Å². The van der Waals surface area contributed by atoms with Gasteiger partial charge >= 0.3 is 17.8 Å². The van der Waals surface area contributed by atoms with Gasteiger partial charge in [0.25, 0.3) is 0 Å². The van der Waals surface area contributed by atoms with Crippen LogP contribution in [0.2, 0.25) is 0 Å². The summed E-state index contributed by atoms with van der Waals surface area (Å²) < 4.78 is 39.6. The molecule has 1 aromatic carbocycles. The van der Waals surface area contributed by atoms with Crippen molar-refractivity contribution in [2.24, 2.45) is 0 Å². The van der Waals surface area contributed by atoms with Crippen LogP contribution in [-0.4, -0.2) is 31.6 Å². The highest BCUT2D eigenvalue weighted by molar-refractivity contribution is 7.99. The van der Waals surface area contributed by atoms with Crippen molar-refractivity contribution in [1.29, 1.82) is 0 Å². The number of para-hydroxylation sites is 1. The number of thioether (sulfide) groups is 1. The smallest absolute Gasteiger partial charge is 0.418 e. The van der Waals surface area contributed by atoms with Gasteiger partial charge in [0.05, 0.1) is 17.0 Å². The number of aliphatic carboxylic acids is 1. The zero-order valence-electron chi connectivity index (χ0n) is 10.2. The zero-order valence-corrected chi connectivity index (χ0v) is 11.0. The summed E-state index contributed by atoms with van der Waals surface area (Å²) in [6.45, 7) is 0. The Kier molecular flexibility index (Phi) is 4.07. The molecule has 0 aliphatic heterocycles. The van der Waals surface area contributed by atoms with Gasteiger partial charge in [0.2, 0.25) is 0 Å². The Bertz CT molecular complexity index is 723. The number of carboxylic acids is 1. The fourth-order valence-corrected chi connectivity index (χ4v) is 2.30. The van der Waals surface area contributed by atoms with Gasteiger partial charge < -0.3 is 5.11 Å². The molecule has 0 fully saturated rings. The predicted octanol–water partition coefficient (Wildman–Crippen LogP) is 1.76. The first-order valence-electron chi connectivity index (χ1n) is 5.49. The van der Waals surface area contributed by atoms with Gasteiger partial charge in [-0.05, 0) is 12.1 Å². The number of carboxylic acid groups (broad SMARTS) is 1. The van der Waals surface area contributed by atoms with Crippen molar-refractivity contribution in [3.8, 4) is 5.69 Å². The van der Waals surface area contributed by atoms with Crippen LogP contribution in [0.15, 0.2) is 34.2 Å². The fourth-order valence-electron chi connectivity index (χ4n) is 1.63. The second-order valence-corrected chi connectivity index (χ2v) is 4.79. The summed E-state index contributed by atoms with van der Waals surface area (Å²) in [5, 5.41) is 14.0. The van der Waals surface area contributed by atoms with E-state index in [9.17, 15) is 22.8 Å². The topological polar surface area (TPSA) is 88.0 Å². The molecule has 0 aliphatic rings. The van der Waals surface area contributed by atoms with Gasteiger partial charge in [0, 0.05) is 0 Å². The molecule has 112 valence electrons. The van der Waals surface area contributed by atoms with Crippen LogP contribution in [0.1, 0.15) is 5.56 Å². The van der Waals surface area contributed by atoms with E-state index in [-0.39, 0.29) is 5.16 Å². The van der Waals surface area contributed by atoms with Crippen LogP contribution in [0.4, 0.5) is 13.2 Å². The lowest BCUT2D eigenvalue weighted by atomic mass is 10.1. The highest BCUT2D eigenvalue weighted by atomic mass is 32.2. The standard InChI is InChI=1S/C11H8F3N3O3S/c12-11(13,14)6-3-1-2-4-7(6)17-9(20)15-16-10(17)21-5-8(18)19/h1-4H,5H2,(H,15,20)(H,18,19). The van der Waals surface area contributed by atoms with Crippen molar-refractivity contribution in [3.63, 3.8) is 0 Å². The number of benzene rings is 1. The molecule has 21 heavy (non-hydrogen) atoms. The number of rotatable bonds is 4. The largest absolute Gasteiger partial charge is 0.481 e. The summed E-state index contributed by atoms with van der Waals surface area (Å²) in [4.78, 5) is 22.2. The second kappa shape index (κ2) is 5.64. The van der Waals surface area contributed by atoms with E-state index in [0.29, 0.717) is 16.3 Å². The number of aromatic amines is 1. The van der Waals surface area contributed by atoms with Crippen molar-refractivity contribution >= 4 is 17.7 Å². The number of alkyl halides is 3. The summed E-state index contributed by atoms with van der Waals surface area (Å²) in [7, 11) is 0. The SMILES string of the molecule is O=C(O)CSc1n[nH]c(=O)n1-c1ccccc1C(F)(F)F. The van der Waals surface area contributed by atoms with E-state index in [1.54, 1.807) is 0 Å². The van der Waals surface area contributed by atoms with Crippen LogP contribution in [0.5, 0.6) is 0 Å². The number of carbonyl (C=O) groups is 1. The summed E-state index contributed by atoms with van der Waals surface area (Å²) in [5.41, 5.74) is -2.29. The van der Waals surface area contributed by atoms with Crippen molar-refractivity contribution in [2.45, 2.75) is 11.3 Å². The molecule has 1 heterocycles. The van der Waals surface area contributed by atoms with Crippen molar-refractivity contribution in [3.05, 3.63) is 40.3 Å². The minimum Gasteiger partial charge on any atom is -0.481 e. The molecule has 0 saturated carbocycles. The number of halogens is 3. The lowest BCUT2D eigenvalue weighted by molar-refractivity contribution is -0.137. The minimum absolute atomic E-state index is 0.154. The molecular weight excluding hydrogens is 311 g/mol. The predicted molar refractivity (Wildman–Crippen MR) is 67.5 cm³/mol. The van der Waals surface area contributed by atoms with E-state index < -0.39 is 34.8 Å². The summed E-state index contributed by atoms with van der Waals surface area (Å²) in [5.74, 6) is -1.61. The van der Waals surface area contributed by atoms with Crippen molar-refractivity contribution < 1.29 is 23.1 Å². The number of hydrogen-bond acceptors (Lipinski definition) is 4. The minimum atomic E-state index is -4.65. The number of aromatic nitrogens is 3. The maximum atomic E-state index is 13.0. The summed E-state index contributed by atoms with van der Waals surface area (Å²) >= 11 is 0.644. The van der Waals surface area contributed by atoms with E-state index in [4.69, 9.17) is 5.11 Å². The van der Waals surface area contributed by atoms with Gasteiger partial charge in [-0.2, -0.15) is 13.2 Å². The third kappa shape index (κ3) is 3.27. The van der Waals surface area contributed by atoms with E-state index in [0.717, 1.165) is 12.1 Å². The number of hydrogen-bond donors (Lipinski definition) is 2. The molecule has 0 aliphatic carbocycles. The third-order valence-electron chi connectivity index (χ3n) is 2.42. The normalized spacial score (nSPS) is 11.6. The molecule has 0 radical (unpaired) electrons. The maximum Gasteiger partial charge on any atom is 0.418 e. The average molecular weight is 319 g/mol. The molecule has 6 nitrogen and oxygen atoms in total. The molecule has 1 aromatic heterocycles. The lowest BCUT2D eigenvalue weighted by Gasteiger charge is -2.13. The Hall–Kier alpha value is -2.23. The van der Waals surface area contributed by atoms with E-state index >= 15 is 0 Å². The Morgan fingerprint density at radius 3 is 2.67 bits per heavy atom. The van der Waals surface area contributed by atoms with Crippen molar-refractivity contribution in [2.75, 3.05) is 5.75 Å². The molecule has 10 heteroatoms. The Balaban J connectivity index is 2.55. The van der Waals surface area contributed by atoms with Crippen molar-refractivity contribution in [1.82, 2.24) is 14.8 Å². The molecule has 0 amide bonds. The average Bonchev–Trinajstić information content (AvgIpc) is 2.76. The Morgan fingerprint density at radius 2 is 2.05 bits per heavy atom. The molecule has 0 atom stereocenters. The first-order chi connectivity index (χ1) is 9.80. The number of H-pyrrole nitrogens is 1. The molecule has 0 bridgehead atoms. The Labute approximate surface area is 119 Å². The van der Waals surface area contributed by atoms with Crippen LogP contribution in [0, 0.1) is 0 Å². The zero-order chi connectivity index (χ0) is 15.6. The van der Waals surface area contributed by atoms with Gasteiger partial charge in [-0.1, -0.05) is 23.9 Å². The van der Waals surface area contributed by atoms with E-state index in [2.05, 4.69) is 5.10 Å². The second-order valence-electron chi connectivity index (χ2n) is 3.84. The molecule has 2 rings (SSSR count). The monoisotopic (exact) mass is 319 g/mol. The Morgan fingerprint density at radius 1 is 1.38 bits per heavy atom. The first kappa shape index (κ1) is 15.2. The van der Waals surface area contributed by atoms with Crippen LogP contribution < -0.4 is 5.69 Å². The van der Waals surface area contributed by atoms with E-state index in [1.165, 1.54) is 12.1 Å². The van der Waals surface area contributed by atoms with E-state index in [1.807, 2.05) is 5.10 Å². The van der Waals surface area contributed by atoms with Crippen LogP contribution in [0.3, 0.4) is 0 Å². The first-order valence-corrected chi connectivity index (χ1v) is 6.48. The van der Waals surface area contributed by atoms with Crippen LogP contribution in [0.25, 0.3) is 5.69 Å². The molecule has 0 unspecified atom stereocenters. The van der Waals surface area contributed by atoms with Gasteiger partial charge in [-0.25, -0.2) is 14.5 Å². The molecule has 0 spiro atoms. The number of nitrogens with one attached hydrogen (secondary N) is 1. The van der Waals surface area contributed by atoms with Gasteiger partial charge in [0.15, 0.2) is 5.16 Å². The summed E-state index contributed by atoms with van der Waals surface area (Å²) in [6, 6.07) is 4.49. The third-order valence-corrected chi connectivity index (χ3v) is 3.34. The van der Waals surface area contributed by atoms with Gasteiger partial charge in [-0.3, -0.25) is 4.79 Å². The fraction of sp³-hybridized carbons (Fsp3) is 0.182.